The highest BCUT2D eigenvalue weighted by atomic mass is 16.1. The lowest BCUT2D eigenvalue weighted by atomic mass is 9.95. The molecule has 1 amide bonds. The van der Waals surface area contributed by atoms with E-state index in [0.29, 0.717) is 5.82 Å². The number of hydrogen-bond donors (Lipinski definition) is 3. The molecule has 0 atom stereocenters. The topological polar surface area (TPSA) is 92.9 Å². The molecular formula is C15H27N5O. The summed E-state index contributed by atoms with van der Waals surface area (Å²) in [4.78, 5) is 20.2. The molecule has 4 N–H and O–H groups in total. The molecule has 0 aromatic carbocycles. The largest absolute Gasteiger partial charge is 0.370 e. The zero-order valence-electron chi connectivity index (χ0n) is 13.9. The Bertz CT molecular complexity index is 505. The van der Waals surface area contributed by atoms with Gasteiger partial charge >= 0.3 is 0 Å². The van der Waals surface area contributed by atoms with E-state index < -0.39 is 5.54 Å². The third-order valence-corrected chi connectivity index (χ3v) is 2.84. The van der Waals surface area contributed by atoms with Crippen molar-refractivity contribution < 1.29 is 4.79 Å². The summed E-state index contributed by atoms with van der Waals surface area (Å²) in [5.74, 6) is 1.87. The van der Waals surface area contributed by atoms with Gasteiger partial charge < -0.3 is 16.4 Å². The van der Waals surface area contributed by atoms with Crippen LogP contribution in [0, 0.1) is 0 Å². The Morgan fingerprint density at radius 3 is 2.24 bits per heavy atom. The summed E-state index contributed by atoms with van der Waals surface area (Å²) < 4.78 is 0. The molecule has 1 rings (SSSR count). The van der Waals surface area contributed by atoms with Crippen molar-refractivity contribution in [1.29, 1.82) is 0 Å². The lowest BCUT2D eigenvalue weighted by Crippen LogP contribution is -2.36. The summed E-state index contributed by atoms with van der Waals surface area (Å²) in [6.07, 6.45) is 0.235. The maximum atomic E-state index is 11.1. The zero-order valence-corrected chi connectivity index (χ0v) is 13.9. The molecule has 0 saturated heterocycles. The minimum Gasteiger partial charge on any atom is -0.370 e. The molecule has 0 aliphatic heterocycles. The van der Waals surface area contributed by atoms with Gasteiger partial charge in [0.05, 0.1) is 0 Å². The summed E-state index contributed by atoms with van der Waals surface area (Å²) >= 11 is 0. The van der Waals surface area contributed by atoms with Crippen molar-refractivity contribution in [3.63, 3.8) is 0 Å². The van der Waals surface area contributed by atoms with Crippen LogP contribution in [-0.4, -0.2) is 28.0 Å². The second kappa shape index (κ2) is 6.28. The van der Waals surface area contributed by atoms with Gasteiger partial charge in [-0.3, -0.25) is 4.79 Å². The Morgan fingerprint density at radius 1 is 1.19 bits per heavy atom. The van der Waals surface area contributed by atoms with E-state index in [2.05, 4.69) is 41.4 Å². The van der Waals surface area contributed by atoms with Gasteiger partial charge in [-0.25, -0.2) is 9.97 Å². The molecule has 1 aromatic heterocycles. The lowest BCUT2D eigenvalue weighted by Gasteiger charge is -2.27. The Morgan fingerprint density at radius 2 is 1.76 bits per heavy atom. The number of amides is 1. The second-order valence-electron chi connectivity index (χ2n) is 6.89. The smallest absolute Gasteiger partial charge is 0.219 e. The minimum atomic E-state index is -0.459. The van der Waals surface area contributed by atoms with Crippen LogP contribution < -0.4 is 16.4 Å². The van der Waals surface area contributed by atoms with Crippen LogP contribution in [0.1, 0.15) is 53.8 Å². The van der Waals surface area contributed by atoms with Gasteiger partial charge in [-0.15, -0.1) is 0 Å². The molecule has 0 unspecified atom stereocenters. The maximum absolute atomic E-state index is 11.1. The van der Waals surface area contributed by atoms with Crippen molar-refractivity contribution >= 4 is 17.5 Å². The highest BCUT2D eigenvalue weighted by Crippen LogP contribution is 2.24. The number of nitrogens with two attached hydrogens (primary N) is 1. The average molecular weight is 293 g/mol. The van der Waals surface area contributed by atoms with Crippen LogP contribution >= 0.6 is 0 Å². The van der Waals surface area contributed by atoms with Gasteiger partial charge in [0.2, 0.25) is 5.91 Å². The van der Waals surface area contributed by atoms with E-state index in [1.807, 2.05) is 26.8 Å². The number of nitrogens with zero attached hydrogens (tertiary/aromatic N) is 2. The summed E-state index contributed by atoms with van der Waals surface area (Å²) in [5, 5.41) is 6.47. The molecule has 6 nitrogen and oxygen atoms in total. The quantitative estimate of drug-likeness (QED) is 0.748. The summed E-state index contributed by atoms with van der Waals surface area (Å²) in [5.41, 5.74) is 4.67. The van der Waals surface area contributed by atoms with Gasteiger partial charge in [0.15, 0.2) is 0 Å². The molecule has 118 valence electrons. The lowest BCUT2D eigenvalue weighted by molar-refractivity contribution is -0.118. The normalized spacial score (nSPS) is 12.1. The van der Waals surface area contributed by atoms with E-state index in [1.165, 1.54) is 0 Å². The van der Waals surface area contributed by atoms with E-state index in [-0.39, 0.29) is 17.7 Å². The van der Waals surface area contributed by atoms with Crippen molar-refractivity contribution in [1.82, 2.24) is 9.97 Å². The highest BCUT2D eigenvalue weighted by Gasteiger charge is 2.23. The summed E-state index contributed by atoms with van der Waals surface area (Å²) in [6.45, 7) is 12.8. The molecular weight excluding hydrogens is 266 g/mol. The fourth-order valence-corrected chi connectivity index (χ4v) is 1.94. The van der Waals surface area contributed by atoms with E-state index >= 15 is 0 Å². The molecule has 0 bridgehead atoms. The number of nitrogens with one attached hydrogen (secondary N) is 2. The predicted molar refractivity (Wildman–Crippen MR) is 86.4 cm³/mol. The van der Waals surface area contributed by atoms with Gasteiger partial charge in [0.25, 0.3) is 0 Å². The number of anilines is 2. The number of hydrogen-bond acceptors (Lipinski definition) is 5. The molecule has 0 aliphatic rings. The molecule has 0 saturated carbocycles. The highest BCUT2D eigenvalue weighted by molar-refractivity contribution is 5.75. The van der Waals surface area contributed by atoms with Crippen molar-refractivity contribution in [2.24, 2.45) is 5.73 Å². The first-order valence-corrected chi connectivity index (χ1v) is 7.23. The zero-order chi connectivity index (χ0) is 16.3. The minimum absolute atomic E-state index is 0.157. The van der Waals surface area contributed by atoms with Crippen LogP contribution in [0.5, 0.6) is 0 Å². The molecule has 0 aliphatic carbocycles. The molecule has 1 heterocycles. The third kappa shape index (κ3) is 5.57. The van der Waals surface area contributed by atoms with Crippen LogP contribution in [0.15, 0.2) is 6.07 Å². The van der Waals surface area contributed by atoms with E-state index in [0.717, 1.165) is 18.2 Å². The summed E-state index contributed by atoms with van der Waals surface area (Å²) in [7, 11) is 0. The Labute approximate surface area is 126 Å². The predicted octanol–water partition coefficient (Wildman–Crippen LogP) is 2.27. The number of carbonyl (C=O) groups is 1. The molecule has 0 spiro atoms. The van der Waals surface area contributed by atoms with Gasteiger partial charge in [0, 0.05) is 30.0 Å². The number of primary amides is 1. The second-order valence-corrected chi connectivity index (χ2v) is 6.89. The van der Waals surface area contributed by atoms with Crippen LogP contribution in [0.3, 0.4) is 0 Å². The Hall–Kier alpha value is -1.85. The van der Waals surface area contributed by atoms with E-state index in [1.54, 1.807) is 0 Å². The number of rotatable bonds is 6. The van der Waals surface area contributed by atoms with Crippen LogP contribution in [0.25, 0.3) is 0 Å². The maximum Gasteiger partial charge on any atom is 0.219 e. The first-order chi connectivity index (χ1) is 9.53. The van der Waals surface area contributed by atoms with Crippen LogP contribution in [0.4, 0.5) is 11.6 Å². The Kier molecular flexibility index (Phi) is 5.15. The van der Waals surface area contributed by atoms with Gasteiger partial charge in [-0.1, -0.05) is 20.8 Å². The van der Waals surface area contributed by atoms with Crippen molar-refractivity contribution in [3.8, 4) is 0 Å². The molecule has 6 heteroatoms. The van der Waals surface area contributed by atoms with Crippen molar-refractivity contribution in [3.05, 3.63) is 11.9 Å². The summed E-state index contributed by atoms with van der Waals surface area (Å²) in [6, 6.07) is 1.85. The first kappa shape index (κ1) is 17.2. The molecule has 1 aromatic rings. The number of aromatic nitrogens is 2. The van der Waals surface area contributed by atoms with E-state index in [4.69, 9.17) is 5.73 Å². The van der Waals surface area contributed by atoms with Crippen molar-refractivity contribution in [2.45, 2.75) is 58.9 Å². The fraction of sp³-hybridized carbons (Fsp3) is 0.667. The van der Waals surface area contributed by atoms with Gasteiger partial charge in [-0.2, -0.15) is 0 Å². The third-order valence-electron chi connectivity index (χ3n) is 2.84. The Balaban J connectivity index is 3.11. The molecule has 0 fully saturated rings. The van der Waals surface area contributed by atoms with Gasteiger partial charge in [-0.05, 0) is 20.8 Å². The van der Waals surface area contributed by atoms with E-state index in [9.17, 15) is 4.79 Å². The van der Waals surface area contributed by atoms with Crippen LogP contribution in [0.2, 0.25) is 0 Å². The number of carbonyl (C=O) groups excluding carboxylic acids is 1. The first-order valence-electron chi connectivity index (χ1n) is 7.23. The average Bonchev–Trinajstić information content (AvgIpc) is 2.24. The SMILES string of the molecule is CCNc1cc(NC(C)(C)CC(N)=O)nc(C(C)(C)C)n1. The fourth-order valence-electron chi connectivity index (χ4n) is 1.94. The van der Waals surface area contributed by atoms with Crippen LogP contribution in [-0.2, 0) is 10.2 Å². The standard InChI is InChI=1S/C15H27N5O/c1-7-17-11-8-12(19-13(18-11)14(2,3)4)20-15(5,6)9-10(16)21/h8H,7,9H2,1-6H3,(H2,16,21)(H2,17,18,19,20). The molecule has 0 radical (unpaired) electrons. The van der Waals surface area contributed by atoms with Gasteiger partial charge in [0.1, 0.15) is 17.5 Å². The van der Waals surface area contributed by atoms with Crippen molar-refractivity contribution in [2.75, 3.05) is 17.2 Å². The monoisotopic (exact) mass is 293 g/mol. The molecule has 21 heavy (non-hydrogen) atoms.